The predicted octanol–water partition coefficient (Wildman–Crippen LogP) is 3.76. The quantitative estimate of drug-likeness (QED) is 0.553. The SMILES string of the molecule is CC(C)(C)c1ccc([C@@]2(C)NC(=O)N(CC(=O)NCCC3=CCCCC3)C2=O)cc1. The minimum absolute atomic E-state index is 0.000162. The summed E-state index contributed by atoms with van der Waals surface area (Å²) in [5, 5.41) is 5.60. The fraction of sp³-hybridized carbons (Fsp3) is 0.542. The van der Waals surface area contributed by atoms with Crippen molar-refractivity contribution in [3.63, 3.8) is 0 Å². The molecule has 4 amide bonds. The number of carbonyl (C=O) groups is 3. The Morgan fingerprint density at radius 3 is 2.47 bits per heavy atom. The van der Waals surface area contributed by atoms with E-state index in [1.54, 1.807) is 6.92 Å². The van der Waals surface area contributed by atoms with E-state index in [-0.39, 0.29) is 17.9 Å². The van der Waals surface area contributed by atoms with Crippen molar-refractivity contribution in [3.8, 4) is 0 Å². The molecule has 6 nitrogen and oxygen atoms in total. The summed E-state index contributed by atoms with van der Waals surface area (Å²) in [7, 11) is 0. The highest BCUT2D eigenvalue weighted by Crippen LogP contribution is 2.31. The minimum atomic E-state index is -1.17. The van der Waals surface area contributed by atoms with Gasteiger partial charge in [-0.3, -0.25) is 14.5 Å². The molecule has 6 heteroatoms. The van der Waals surface area contributed by atoms with Gasteiger partial charge in [0, 0.05) is 6.54 Å². The van der Waals surface area contributed by atoms with Crippen LogP contribution in [0.25, 0.3) is 0 Å². The van der Waals surface area contributed by atoms with E-state index in [1.165, 1.54) is 18.4 Å². The standard InChI is InChI=1S/C24H33N3O3/c1-23(2,3)18-10-12-19(13-11-18)24(4)21(29)27(22(30)26-24)16-20(28)25-15-14-17-8-6-5-7-9-17/h8,10-13H,5-7,9,14-16H2,1-4H3,(H,25,28)(H,26,30)/t24-/m1/s1. The Kier molecular flexibility index (Phi) is 6.34. The van der Waals surface area contributed by atoms with Gasteiger partial charge in [-0.1, -0.05) is 56.7 Å². The van der Waals surface area contributed by atoms with Crippen molar-refractivity contribution in [1.29, 1.82) is 0 Å². The Balaban J connectivity index is 1.60. The molecule has 1 heterocycles. The maximum Gasteiger partial charge on any atom is 0.325 e. The summed E-state index contributed by atoms with van der Waals surface area (Å²) >= 11 is 0. The number of nitrogens with one attached hydrogen (secondary N) is 2. The number of rotatable bonds is 6. The molecule has 0 radical (unpaired) electrons. The number of allylic oxidation sites excluding steroid dienone is 1. The smallest absolute Gasteiger partial charge is 0.325 e. The molecule has 0 bridgehead atoms. The lowest BCUT2D eigenvalue weighted by atomic mass is 9.84. The van der Waals surface area contributed by atoms with Gasteiger partial charge in [0.15, 0.2) is 0 Å². The van der Waals surface area contributed by atoms with Crippen LogP contribution < -0.4 is 10.6 Å². The third-order valence-electron chi connectivity index (χ3n) is 6.06. The van der Waals surface area contributed by atoms with Crippen LogP contribution in [0, 0.1) is 0 Å². The molecule has 1 aliphatic heterocycles. The molecule has 162 valence electrons. The second-order valence-corrected chi connectivity index (χ2v) is 9.48. The van der Waals surface area contributed by atoms with Crippen LogP contribution in [-0.2, 0) is 20.5 Å². The molecular formula is C24H33N3O3. The van der Waals surface area contributed by atoms with E-state index in [0.29, 0.717) is 12.1 Å². The van der Waals surface area contributed by atoms with Crippen molar-refractivity contribution in [1.82, 2.24) is 15.5 Å². The summed E-state index contributed by atoms with van der Waals surface area (Å²) in [5.41, 5.74) is 2.07. The van der Waals surface area contributed by atoms with Gasteiger partial charge in [0.2, 0.25) is 5.91 Å². The van der Waals surface area contributed by atoms with Gasteiger partial charge in [0.1, 0.15) is 12.1 Å². The topological polar surface area (TPSA) is 78.5 Å². The Bertz CT molecular complexity index is 851. The number of hydrogen-bond donors (Lipinski definition) is 2. The first-order valence-electron chi connectivity index (χ1n) is 10.8. The van der Waals surface area contributed by atoms with Crippen molar-refractivity contribution in [2.24, 2.45) is 0 Å². The summed E-state index contributed by atoms with van der Waals surface area (Å²) in [6.07, 6.45) is 7.72. The average Bonchev–Trinajstić information content (AvgIpc) is 2.92. The van der Waals surface area contributed by atoms with Crippen molar-refractivity contribution in [2.45, 2.75) is 70.8 Å². The summed E-state index contributed by atoms with van der Waals surface area (Å²) in [6, 6.07) is 7.18. The maximum atomic E-state index is 13.0. The summed E-state index contributed by atoms with van der Waals surface area (Å²) in [4.78, 5) is 38.8. The molecule has 1 aliphatic carbocycles. The highest BCUT2D eigenvalue weighted by Gasteiger charge is 2.49. The number of amides is 4. The van der Waals surface area contributed by atoms with Crippen molar-refractivity contribution < 1.29 is 14.4 Å². The van der Waals surface area contributed by atoms with Gasteiger partial charge in [-0.25, -0.2) is 4.79 Å². The van der Waals surface area contributed by atoms with Gasteiger partial charge in [-0.2, -0.15) is 0 Å². The molecule has 2 aliphatic rings. The fourth-order valence-corrected chi connectivity index (χ4v) is 4.03. The molecule has 0 aromatic heterocycles. The van der Waals surface area contributed by atoms with Gasteiger partial charge in [0.05, 0.1) is 0 Å². The highest BCUT2D eigenvalue weighted by molar-refractivity contribution is 6.09. The van der Waals surface area contributed by atoms with E-state index in [4.69, 9.17) is 0 Å². The van der Waals surface area contributed by atoms with Gasteiger partial charge in [0.25, 0.3) is 5.91 Å². The largest absolute Gasteiger partial charge is 0.354 e. The first kappa shape index (κ1) is 22.1. The molecule has 0 unspecified atom stereocenters. The zero-order valence-electron chi connectivity index (χ0n) is 18.5. The van der Waals surface area contributed by atoms with Gasteiger partial charge in [-0.15, -0.1) is 0 Å². The van der Waals surface area contributed by atoms with Crippen LogP contribution in [0.4, 0.5) is 4.79 Å². The monoisotopic (exact) mass is 411 g/mol. The lowest BCUT2D eigenvalue weighted by Gasteiger charge is -2.24. The van der Waals surface area contributed by atoms with Crippen molar-refractivity contribution in [3.05, 3.63) is 47.0 Å². The molecule has 2 N–H and O–H groups in total. The number of benzene rings is 1. The molecule has 0 saturated carbocycles. The van der Waals surface area contributed by atoms with E-state index >= 15 is 0 Å². The molecule has 1 saturated heterocycles. The van der Waals surface area contributed by atoms with E-state index < -0.39 is 17.5 Å². The Morgan fingerprint density at radius 2 is 1.87 bits per heavy atom. The summed E-state index contributed by atoms with van der Waals surface area (Å²) in [5.74, 6) is -0.719. The maximum absolute atomic E-state index is 13.0. The molecule has 30 heavy (non-hydrogen) atoms. The molecular weight excluding hydrogens is 378 g/mol. The van der Waals surface area contributed by atoms with E-state index in [1.807, 2.05) is 24.3 Å². The molecule has 1 aromatic rings. The van der Waals surface area contributed by atoms with Crippen molar-refractivity contribution in [2.75, 3.05) is 13.1 Å². The predicted molar refractivity (Wildman–Crippen MR) is 117 cm³/mol. The van der Waals surface area contributed by atoms with E-state index in [0.717, 1.165) is 29.7 Å². The first-order valence-corrected chi connectivity index (χ1v) is 10.8. The highest BCUT2D eigenvalue weighted by atomic mass is 16.2. The minimum Gasteiger partial charge on any atom is -0.354 e. The lowest BCUT2D eigenvalue weighted by Crippen LogP contribution is -2.43. The van der Waals surface area contributed by atoms with Crippen LogP contribution in [0.3, 0.4) is 0 Å². The van der Waals surface area contributed by atoms with Crippen molar-refractivity contribution >= 4 is 17.8 Å². The Morgan fingerprint density at radius 1 is 1.17 bits per heavy atom. The summed E-state index contributed by atoms with van der Waals surface area (Å²) in [6.45, 7) is 8.32. The van der Waals surface area contributed by atoms with Gasteiger partial charge < -0.3 is 10.6 Å². The second kappa shape index (κ2) is 8.62. The molecule has 1 atom stereocenters. The third-order valence-corrected chi connectivity index (χ3v) is 6.06. The second-order valence-electron chi connectivity index (χ2n) is 9.48. The van der Waals surface area contributed by atoms with Crippen LogP contribution in [0.2, 0.25) is 0 Å². The first-order chi connectivity index (χ1) is 14.1. The van der Waals surface area contributed by atoms with Crippen LogP contribution in [-0.4, -0.2) is 35.8 Å². The molecule has 3 rings (SSSR count). The number of urea groups is 1. The lowest BCUT2D eigenvalue weighted by molar-refractivity contribution is -0.134. The fourth-order valence-electron chi connectivity index (χ4n) is 4.03. The third kappa shape index (κ3) is 4.74. The Labute approximate surface area is 179 Å². The zero-order valence-corrected chi connectivity index (χ0v) is 18.5. The van der Waals surface area contributed by atoms with E-state index in [2.05, 4.69) is 37.5 Å². The number of imide groups is 1. The summed E-state index contributed by atoms with van der Waals surface area (Å²) < 4.78 is 0. The van der Waals surface area contributed by atoms with Crippen LogP contribution in [0.1, 0.15) is 70.9 Å². The number of hydrogen-bond acceptors (Lipinski definition) is 3. The van der Waals surface area contributed by atoms with Gasteiger partial charge >= 0.3 is 6.03 Å². The number of carbonyl (C=O) groups excluding carboxylic acids is 3. The van der Waals surface area contributed by atoms with Crippen LogP contribution >= 0.6 is 0 Å². The van der Waals surface area contributed by atoms with Crippen LogP contribution in [0.15, 0.2) is 35.9 Å². The number of nitrogens with zero attached hydrogens (tertiary/aromatic N) is 1. The van der Waals surface area contributed by atoms with Crippen LogP contribution in [0.5, 0.6) is 0 Å². The zero-order chi connectivity index (χ0) is 21.9. The van der Waals surface area contributed by atoms with Gasteiger partial charge in [-0.05, 0) is 55.6 Å². The van der Waals surface area contributed by atoms with E-state index in [9.17, 15) is 14.4 Å². The normalized spacial score (nSPS) is 22.0. The Hall–Kier alpha value is -2.63. The molecule has 1 aromatic carbocycles. The molecule has 0 spiro atoms. The molecule has 1 fully saturated rings. The average molecular weight is 412 g/mol.